The number of hydrogen-bond donors (Lipinski definition) is 1. The summed E-state index contributed by atoms with van der Waals surface area (Å²) in [5.74, 6) is 0.853. The van der Waals surface area contributed by atoms with Crippen molar-refractivity contribution < 1.29 is 4.39 Å². The molecular weight excluding hydrogens is 249 g/mol. The fourth-order valence-electron chi connectivity index (χ4n) is 1.40. The van der Waals surface area contributed by atoms with E-state index in [4.69, 9.17) is 0 Å². The van der Waals surface area contributed by atoms with Crippen LogP contribution in [0.2, 0.25) is 0 Å². The number of hydrogen-bond acceptors (Lipinski definition) is 3. The van der Waals surface area contributed by atoms with E-state index in [0.29, 0.717) is 6.54 Å². The smallest absolute Gasteiger partial charge is 0.176 e. The number of halogens is 2. The average Bonchev–Trinajstić information content (AvgIpc) is 2.70. The lowest BCUT2D eigenvalue weighted by Gasteiger charge is -2.00. The van der Waals surface area contributed by atoms with Gasteiger partial charge in [-0.1, -0.05) is 0 Å². The van der Waals surface area contributed by atoms with Crippen LogP contribution in [-0.4, -0.2) is 9.78 Å². The van der Waals surface area contributed by atoms with Gasteiger partial charge in [-0.25, -0.2) is 0 Å². The first-order valence-electron chi connectivity index (χ1n) is 4.63. The summed E-state index contributed by atoms with van der Waals surface area (Å²) in [4.78, 5) is 0.970. The van der Waals surface area contributed by atoms with E-state index in [1.807, 2.05) is 20.2 Å². The molecule has 2 rings (SSSR count). The Morgan fingerprint density at radius 2 is 2.25 bits per heavy atom. The number of anilines is 1. The average molecular weight is 262 g/mol. The van der Waals surface area contributed by atoms with Gasteiger partial charge in [0.1, 0.15) is 0 Å². The Morgan fingerprint density at radius 3 is 2.75 bits per heavy atom. The molecular formula is C10H13ClFN3S. The first-order valence-corrected chi connectivity index (χ1v) is 5.45. The first kappa shape index (κ1) is 13.0. The SMILES string of the molecule is Cc1cn(C)nc1NCc1ccc(F)s1.Cl. The van der Waals surface area contributed by atoms with E-state index in [-0.39, 0.29) is 17.5 Å². The number of aromatic nitrogens is 2. The van der Waals surface area contributed by atoms with Gasteiger partial charge in [-0.15, -0.1) is 23.7 Å². The van der Waals surface area contributed by atoms with Gasteiger partial charge in [0.2, 0.25) is 0 Å². The molecule has 0 saturated heterocycles. The third kappa shape index (κ3) is 2.96. The van der Waals surface area contributed by atoms with Gasteiger partial charge in [-0.2, -0.15) is 9.49 Å². The van der Waals surface area contributed by atoms with Crippen molar-refractivity contribution in [1.29, 1.82) is 0 Å². The summed E-state index contributed by atoms with van der Waals surface area (Å²) < 4.78 is 14.5. The molecule has 0 aliphatic rings. The molecule has 0 amide bonds. The molecule has 0 bridgehead atoms. The topological polar surface area (TPSA) is 29.9 Å². The summed E-state index contributed by atoms with van der Waals surface area (Å²) >= 11 is 1.16. The molecule has 0 saturated carbocycles. The summed E-state index contributed by atoms with van der Waals surface area (Å²) in [6.07, 6.45) is 1.94. The second-order valence-electron chi connectivity index (χ2n) is 3.39. The maximum absolute atomic E-state index is 12.7. The third-order valence-electron chi connectivity index (χ3n) is 2.07. The van der Waals surface area contributed by atoms with Crippen LogP contribution in [0.5, 0.6) is 0 Å². The summed E-state index contributed by atoms with van der Waals surface area (Å²) in [5, 5.41) is 7.28. The van der Waals surface area contributed by atoms with Crippen LogP contribution in [0.15, 0.2) is 18.3 Å². The van der Waals surface area contributed by atoms with Crippen LogP contribution in [0.3, 0.4) is 0 Å². The van der Waals surface area contributed by atoms with Gasteiger partial charge >= 0.3 is 0 Å². The summed E-state index contributed by atoms with van der Waals surface area (Å²) in [5.41, 5.74) is 1.09. The monoisotopic (exact) mass is 261 g/mol. The van der Waals surface area contributed by atoms with Crippen molar-refractivity contribution in [3.8, 4) is 0 Å². The second-order valence-corrected chi connectivity index (χ2v) is 4.51. The minimum Gasteiger partial charge on any atom is -0.363 e. The molecule has 0 aliphatic carbocycles. The van der Waals surface area contributed by atoms with Crippen molar-refractivity contribution in [2.45, 2.75) is 13.5 Å². The number of aryl methyl sites for hydroxylation is 2. The highest BCUT2D eigenvalue weighted by Gasteiger charge is 2.03. The lowest BCUT2D eigenvalue weighted by atomic mass is 10.3. The molecule has 16 heavy (non-hydrogen) atoms. The zero-order valence-electron chi connectivity index (χ0n) is 9.03. The first-order chi connectivity index (χ1) is 7.15. The van der Waals surface area contributed by atoms with Gasteiger partial charge in [0, 0.05) is 23.7 Å². The minimum atomic E-state index is -0.149. The second kappa shape index (κ2) is 5.32. The lowest BCUT2D eigenvalue weighted by Crippen LogP contribution is -2.00. The van der Waals surface area contributed by atoms with E-state index >= 15 is 0 Å². The Morgan fingerprint density at radius 1 is 1.50 bits per heavy atom. The Kier molecular flexibility index (Phi) is 4.32. The number of rotatable bonds is 3. The Balaban J connectivity index is 0.00000128. The fourth-order valence-corrected chi connectivity index (χ4v) is 2.07. The van der Waals surface area contributed by atoms with Crippen LogP contribution in [-0.2, 0) is 13.6 Å². The molecule has 0 unspecified atom stereocenters. The van der Waals surface area contributed by atoms with E-state index in [2.05, 4.69) is 10.4 Å². The van der Waals surface area contributed by atoms with Crippen molar-refractivity contribution in [3.63, 3.8) is 0 Å². The minimum absolute atomic E-state index is 0. The van der Waals surface area contributed by atoms with Crippen molar-refractivity contribution in [2.75, 3.05) is 5.32 Å². The van der Waals surface area contributed by atoms with Crippen LogP contribution in [0.25, 0.3) is 0 Å². The van der Waals surface area contributed by atoms with Gasteiger partial charge in [-0.05, 0) is 19.1 Å². The Bertz CT molecular complexity index is 466. The standard InChI is InChI=1S/C10H12FN3S.ClH/c1-7-6-14(2)13-10(7)12-5-8-3-4-9(11)15-8;/h3-4,6H,5H2,1-2H3,(H,12,13);1H. The number of nitrogens with one attached hydrogen (secondary N) is 1. The molecule has 0 aromatic carbocycles. The summed E-state index contributed by atoms with van der Waals surface area (Å²) in [7, 11) is 1.88. The Labute approximate surface area is 104 Å². The molecule has 0 radical (unpaired) electrons. The van der Waals surface area contributed by atoms with Crippen molar-refractivity contribution in [3.05, 3.63) is 33.9 Å². The third-order valence-corrected chi connectivity index (χ3v) is 2.94. The molecule has 0 spiro atoms. The lowest BCUT2D eigenvalue weighted by molar-refractivity contribution is 0.657. The molecule has 1 N–H and O–H groups in total. The summed E-state index contributed by atoms with van der Waals surface area (Å²) in [6, 6.07) is 3.26. The van der Waals surface area contributed by atoms with E-state index in [9.17, 15) is 4.39 Å². The quantitative estimate of drug-likeness (QED) is 0.921. The fraction of sp³-hybridized carbons (Fsp3) is 0.300. The van der Waals surface area contributed by atoms with Crippen LogP contribution in [0.1, 0.15) is 10.4 Å². The number of thiophene rings is 1. The van der Waals surface area contributed by atoms with E-state index in [1.165, 1.54) is 6.07 Å². The van der Waals surface area contributed by atoms with Gasteiger partial charge in [0.15, 0.2) is 10.9 Å². The van der Waals surface area contributed by atoms with Crippen LogP contribution < -0.4 is 5.32 Å². The molecule has 2 heterocycles. The van der Waals surface area contributed by atoms with Gasteiger partial charge in [-0.3, -0.25) is 4.68 Å². The molecule has 3 nitrogen and oxygen atoms in total. The van der Waals surface area contributed by atoms with Crippen molar-refractivity contribution >= 4 is 29.6 Å². The molecule has 0 atom stereocenters. The summed E-state index contributed by atoms with van der Waals surface area (Å²) in [6.45, 7) is 2.61. The van der Waals surface area contributed by atoms with Gasteiger partial charge in [0.25, 0.3) is 0 Å². The molecule has 2 aromatic rings. The predicted molar refractivity (Wildman–Crippen MR) is 66.8 cm³/mol. The zero-order chi connectivity index (χ0) is 10.8. The molecule has 0 fully saturated rings. The van der Waals surface area contributed by atoms with Crippen molar-refractivity contribution in [1.82, 2.24) is 9.78 Å². The number of nitrogens with zero attached hydrogens (tertiary/aromatic N) is 2. The zero-order valence-corrected chi connectivity index (χ0v) is 10.7. The van der Waals surface area contributed by atoms with Crippen LogP contribution in [0, 0.1) is 12.1 Å². The van der Waals surface area contributed by atoms with E-state index in [0.717, 1.165) is 27.6 Å². The van der Waals surface area contributed by atoms with Gasteiger partial charge < -0.3 is 5.32 Å². The molecule has 88 valence electrons. The largest absolute Gasteiger partial charge is 0.363 e. The maximum Gasteiger partial charge on any atom is 0.176 e. The highest BCUT2D eigenvalue weighted by molar-refractivity contribution is 7.10. The normalized spacial score (nSPS) is 9.94. The van der Waals surface area contributed by atoms with E-state index in [1.54, 1.807) is 10.7 Å². The predicted octanol–water partition coefficient (Wildman–Crippen LogP) is 2.96. The van der Waals surface area contributed by atoms with Gasteiger partial charge in [0.05, 0.1) is 6.54 Å². The molecule has 6 heteroatoms. The highest BCUT2D eigenvalue weighted by atomic mass is 35.5. The van der Waals surface area contributed by atoms with Crippen LogP contribution >= 0.6 is 23.7 Å². The maximum atomic E-state index is 12.7. The van der Waals surface area contributed by atoms with E-state index < -0.39 is 0 Å². The molecule has 0 aliphatic heterocycles. The van der Waals surface area contributed by atoms with Crippen molar-refractivity contribution in [2.24, 2.45) is 7.05 Å². The van der Waals surface area contributed by atoms with Crippen LogP contribution in [0.4, 0.5) is 10.2 Å². The molecule has 2 aromatic heterocycles. The Hall–Kier alpha value is -1.07. The highest BCUT2D eigenvalue weighted by Crippen LogP contribution is 2.17.